The minimum absolute atomic E-state index is 0.0563. The van der Waals surface area contributed by atoms with Crippen molar-refractivity contribution in [3.8, 4) is 10.4 Å². The van der Waals surface area contributed by atoms with Crippen LogP contribution >= 0.6 is 22.9 Å². The quantitative estimate of drug-likeness (QED) is 0.451. The highest BCUT2D eigenvalue weighted by atomic mass is 35.5. The van der Waals surface area contributed by atoms with Crippen molar-refractivity contribution in [2.45, 2.75) is 24.8 Å². The van der Waals surface area contributed by atoms with Gasteiger partial charge in [0.15, 0.2) is 0 Å². The van der Waals surface area contributed by atoms with E-state index in [2.05, 4.69) is 10.9 Å². The van der Waals surface area contributed by atoms with E-state index in [1.54, 1.807) is 6.92 Å². The molecular formula is C18H16ClF6N3OS2. The van der Waals surface area contributed by atoms with Crippen LogP contribution in [0.4, 0.5) is 26.3 Å². The summed E-state index contributed by atoms with van der Waals surface area (Å²) in [5, 5.41) is 0.0600. The predicted octanol–water partition coefficient (Wildman–Crippen LogP) is 5.21. The maximum Gasteiger partial charge on any atom is 0.416 e. The van der Waals surface area contributed by atoms with Crippen LogP contribution in [0.15, 0.2) is 29.3 Å². The highest BCUT2D eigenvalue weighted by Gasteiger charge is 2.41. The monoisotopic (exact) mass is 503 g/mol. The molecule has 1 aromatic carbocycles. The van der Waals surface area contributed by atoms with E-state index in [4.69, 9.17) is 17.3 Å². The van der Waals surface area contributed by atoms with Gasteiger partial charge < -0.3 is 5.73 Å². The number of nitrogens with zero attached hydrogens (tertiary/aromatic N) is 2. The number of halogens is 7. The molecule has 0 radical (unpaired) electrons. The van der Waals surface area contributed by atoms with Crippen LogP contribution in [0.25, 0.3) is 10.4 Å². The zero-order chi connectivity index (χ0) is 23.6. The van der Waals surface area contributed by atoms with Gasteiger partial charge in [0, 0.05) is 11.9 Å². The SMILES string of the molecule is C=S1(=O)C[C@@](C)(c2sc(-c3cc(C(F)(F)F)cc(C(F)(F)F)c3)cc2Cl)N=C(N)N1C. The van der Waals surface area contributed by atoms with Gasteiger partial charge in [-0.05, 0) is 42.6 Å². The molecule has 0 saturated heterocycles. The molecule has 1 aromatic heterocycles. The Balaban J connectivity index is 2.18. The Morgan fingerprint density at radius 3 is 2.13 bits per heavy atom. The molecule has 3 rings (SSSR count). The molecule has 2 heterocycles. The van der Waals surface area contributed by atoms with Crippen LogP contribution in [0.5, 0.6) is 0 Å². The van der Waals surface area contributed by atoms with Crippen molar-refractivity contribution in [1.29, 1.82) is 0 Å². The standard InChI is InChI=1S/C18H16ClF6N3OS2/c1-16(8-31(3,29)28(2)15(26)27-16)14-12(19)7-13(30-14)9-4-10(17(20,21)22)6-11(5-9)18(23,24)25/h4-7H,3,8H2,1-2H3,(H2,26,27)/t16-,31?/m0/s1. The van der Waals surface area contributed by atoms with Gasteiger partial charge in [-0.25, -0.2) is 9.20 Å². The Morgan fingerprint density at radius 1 is 1.16 bits per heavy atom. The molecule has 4 nitrogen and oxygen atoms in total. The number of thiophene rings is 1. The maximum absolute atomic E-state index is 13.2. The third kappa shape index (κ3) is 4.51. The Bertz CT molecular complexity index is 1140. The van der Waals surface area contributed by atoms with Gasteiger partial charge in [0.25, 0.3) is 0 Å². The van der Waals surface area contributed by atoms with Crippen molar-refractivity contribution in [3.63, 3.8) is 0 Å². The van der Waals surface area contributed by atoms with Gasteiger partial charge in [0.05, 0.1) is 36.5 Å². The van der Waals surface area contributed by atoms with Crippen molar-refractivity contribution in [2.75, 3.05) is 12.8 Å². The second-order valence-electron chi connectivity index (χ2n) is 7.24. The largest absolute Gasteiger partial charge is 0.416 e. The van der Waals surface area contributed by atoms with Crippen LogP contribution in [0.1, 0.15) is 22.9 Å². The summed E-state index contributed by atoms with van der Waals surface area (Å²) in [4.78, 5) is 4.69. The van der Waals surface area contributed by atoms with Gasteiger partial charge >= 0.3 is 12.4 Å². The van der Waals surface area contributed by atoms with E-state index in [0.29, 0.717) is 17.0 Å². The molecule has 2 atom stereocenters. The van der Waals surface area contributed by atoms with Crippen molar-refractivity contribution < 1.29 is 30.6 Å². The molecule has 1 unspecified atom stereocenters. The lowest BCUT2D eigenvalue weighted by molar-refractivity contribution is -0.143. The van der Waals surface area contributed by atoms with Crippen molar-refractivity contribution in [2.24, 2.45) is 10.7 Å². The van der Waals surface area contributed by atoms with Crippen LogP contribution in [0, 0.1) is 0 Å². The van der Waals surface area contributed by atoms with Gasteiger partial charge in [-0.2, -0.15) is 26.3 Å². The second-order valence-corrected chi connectivity index (χ2v) is 11.1. The lowest BCUT2D eigenvalue weighted by Gasteiger charge is -2.36. The first kappa shape index (κ1) is 23.7. The minimum atomic E-state index is -4.97. The third-order valence-electron chi connectivity index (χ3n) is 4.74. The summed E-state index contributed by atoms with van der Waals surface area (Å²) in [5.41, 5.74) is 1.45. The number of hydrogen-bond donors (Lipinski definition) is 1. The van der Waals surface area contributed by atoms with Crippen molar-refractivity contribution in [1.82, 2.24) is 4.31 Å². The van der Waals surface area contributed by atoms with E-state index >= 15 is 0 Å². The fraction of sp³-hybridized carbons (Fsp3) is 0.333. The van der Waals surface area contributed by atoms with Crippen LogP contribution in [-0.2, 0) is 27.6 Å². The summed E-state index contributed by atoms with van der Waals surface area (Å²) in [6.07, 6.45) is -9.95. The fourth-order valence-electron chi connectivity index (χ4n) is 3.15. The highest BCUT2D eigenvalue weighted by Crippen LogP contribution is 2.46. The molecule has 1 aliphatic rings. The second kappa shape index (κ2) is 7.31. The molecule has 170 valence electrons. The number of alkyl halides is 6. The zero-order valence-corrected chi connectivity index (χ0v) is 18.5. The van der Waals surface area contributed by atoms with Crippen LogP contribution < -0.4 is 5.73 Å². The summed E-state index contributed by atoms with van der Waals surface area (Å²) in [6, 6.07) is 2.57. The van der Waals surface area contributed by atoms with Crippen LogP contribution in [0.2, 0.25) is 5.02 Å². The van der Waals surface area contributed by atoms with E-state index in [1.165, 1.54) is 17.4 Å². The topological polar surface area (TPSA) is 58.7 Å². The lowest BCUT2D eigenvalue weighted by atomic mass is 10.0. The highest BCUT2D eigenvalue weighted by molar-refractivity contribution is 7.98. The summed E-state index contributed by atoms with van der Waals surface area (Å²) < 4.78 is 93.2. The number of nitrogens with two attached hydrogens (primary N) is 1. The molecule has 2 aromatic rings. The number of benzene rings is 1. The fourth-order valence-corrected chi connectivity index (χ4v) is 6.53. The van der Waals surface area contributed by atoms with Crippen LogP contribution in [0.3, 0.4) is 0 Å². The predicted molar refractivity (Wildman–Crippen MR) is 112 cm³/mol. The number of aliphatic imine (C=N–C) groups is 1. The number of guanidine groups is 1. The summed E-state index contributed by atoms with van der Waals surface area (Å²) in [6.45, 7) is 1.58. The number of hydrogen-bond acceptors (Lipinski definition) is 4. The molecule has 2 N–H and O–H groups in total. The van der Waals surface area contributed by atoms with Crippen molar-refractivity contribution in [3.05, 3.63) is 45.3 Å². The first-order chi connectivity index (χ1) is 13.9. The maximum atomic E-state index is 13.2. The molecule has 1 aliphatic heterocycles. The van der Waals surface area contributed by atoms with Gasteiger partial charge in [-0.15, -0.1) is 11.3 Å². The summed E-state index contributed by atoms with van der Waals surface area (Å²) in [5.74, 6) is 3.50. The number of rotatable bonds is 2. The molecule has 0 amide bonds. The van der Waals surface area contributed by atoms with E-state index in [1.807, 2.05) is 0 Å². The molecule has 31 heavy (non-hydrogen) atoms. The Labute approximate surface area is 183 Å². The van der Waals surface area contributed by atoms with Crippen LogP contribution in [-0.4, -0.2) is 33.1 Å². The average Bonchev–Trinajstić information content (AvgIpc) is 3.00. The molecule has 0 aliphatic carbocycles. The van der Waals surface area contributed by atoms with Crippen molar-refractivity contribution >= 4 is 44.5 Å². The first-order valence-electron chi connectivity index (χ1n) is 8.48. The Hall–Kier alpha value is -1.92. The smallest absolute Gasteiger partial charge is 0.369 e. The van der Waals surface area contributed by atoms with E-state index in [9.17, 15) is 30.6 Å². The van der Waals surface area contributed by atoms with E-state index in [-0.39, 0.29) is 33.2 Å². The normalized spacial score (nSPS) is 24.9. The molecule has 0 saturated carbocycles. The average molecular weight is 504 g/mol. The summed E-state index contributed by atoms with van der Waals surface area (Å²) in [7, 11) is -1.41. The molecule has 0 fully saturated rings. The van der Waals surface area contributed by atoms with Gasteiger partial charge in [0.2, 0.25) is 5.96 Å². The van der Waals surface area contributed by atoms with Gasteiger partial charge in [-0.3, -0.25) is 4.31 Å². The molecular weight excluding hydrogens is 488 g/mol. The third-order valence-corrected chi connectivity index (χ3v) is 8.78. The van der Waals surface area contributed by atoms with E-state index in [0.717, 1.165) is 11.3 Å². The van der Waals surface area contributed by atoms with Gasteiger partial charge in [0.1, 0.15) is 5.54 Å². The Kier molecular flexibility index (Phi) is 5.60. The minimum Gasteiger partial charge on any atom is -0.369 e. The lowest BCUT2D eigenvalue weighted by Crippen LogP contribution is -2.50. The Morgan fingerprint density at radius 2 is 1.68 bits per heavy atom. The molecule has 13 heteroatoms. The first-order valence-corrected chi connectivity index (χ1v) is 11.5. The zero-order valence-electron chi connectivity index (χ0n) is 16.1. The van der Waals surface area contributed by atoms with Gasteiger partial charge in [-0.1, -0.05) is 11.6 Å². The molecule has 0 spiro atoms. The molecule has 0 bridgehead atoms. The van der Waals surface area contributed by atoms with E-state index < -0.39 is 38.7 Å². The summed E-state index contributed by atoms with van der Waals surface area (Å²) >= 11 is 7.14.